The largest absolute Gasteiger partial charge is 0.355 e. The Morgan fingerprint density at radius 2 is 1.00 bits per heavy atom. The van der Waals surface area contributed by atoms with Gasteiger partial charge < -0.3 is 22.1 Å². The Labute approximate surface area is 191 Å². The molecule has 0 bridgehead atoms. The minimum absolute atomic E-state index is 0. The Hall–Kier alpha value is -2.12. The molecule has 166 valence electrons. The first kappa shape index (κ1) is 27.9. The highest BCUT2D eigenvalue weighted by Gasteiger charge is 2.14. The molecule has 6 nitrogen and oxygen atoms in total. The zero-order valence-corrected chi connectivity index (χ0v) is 18.6. The van der Waals surface area contributed by atoms with Gasteiger partial charge in [0.15, 0.2) is 0 Å². The Morgan fingerprint density at radius 1 is 0.667 bits per heavy atom. The SMILES string of the molecule is Cl.Cl.N[C@@H](Cc1ccccc1)C(=O)NCCCCNC(=O)[C@@H](N)Cc1ccccc1. The normalized spacial score (nSPS) is 11.9. The van der Waals surface area contributed by atoms with Crippen molar-refractivity contribution >= 4 is 36.6 Å². The Kier molecular flexibility index (Phi) is 14.6. The molecule has 6 N–H and O–H groups in total. The van der Waals surface area contributed by atoms with E-state index < -0.39 is 12.1 Å². The summed E-state index contributed by atoms with van der Waals surface area (Å²) in [5.41, 5.74) is 14.0. The summed E-state index contributed by atoms with van der Waals surface area (Å²) in [5, 5.41) is 5.69. The Morgan fingerprint density at radius 3 is 1.33 bits per heavy atom. The lowest BCUT2D eigenvalue weighted by Gasteiger charge is -2.13. The molecule has 0 aliphatic rings. The summed E-state index contributed by atoms with van der Waals surface area (Å²) >= 11 is 0. The molecule has 0 aromatic heterocycles. The number of amides is 2. The summed E-state index contributed by atoms with van der Waals surface area (Å²) in [4.78, 5) is 24.1. The van der Waals surface area contributed by atoms with E-state index in [0.29, 0.717) is 25.9 Å². The van der Waals surface area contributed by atoms with Crippen molar-refractivity contribution in [2.24, 2.45) is 11.5 Å². The van der Waals surface area contributed by atoms with Crippen LogP contribution in [0.4, 0.5) is 0 Å². The van der Waals surface area contributed by atoms with Crippen molar-refractivity contribution < 1.29 is 9.59 Å². The van der Waals surface area contributed by atoms with E-state index in [-0.39, 0.29) is 36.6 Å². The van der Waals surface area contributed by atoms with Crippen molar-refractivity contribution in [1.82, 2.24) is 10.6 Å². The average molecular weight is 455 g/mol. The van der Waals surface area contributed by atoms with Crippen LogP contribution in [0, 0.1) is 0 Å². The molecule has 2 atom stereocenters. The van der Waals surface area contributed by atoms with E-state index in [1.54, 1.807) is 0 Å². The highest BCUT2D eigenvalue weighted by Crippen LogP contribution is 2.03. The topological polar surface area (TPSA) is 110 Å². The molecule has 0 spiro atoms. The smallest absolute Gasteiger partial charge is 0.237 e. The fourth-order valence-electron chi connectivity index (χ4n) is 2.86. The zero-order chi connectivity index (χ0) is 20.2. The van der Waals surface area contributed by atoms with Gasteiger partial charge in [0, 0.05) is 13.1 Å². The maximum absolute atomic E-state index is 12.0. The zero-order valence-electron chi connectivity index (χ0n) is 17.0. The Bertz CT molecular complexity index is 669. The van der Waals surface area contributed by atoms with E-state index in [2.05, 4.69) is 10.6 Å². The molecule has 2 amide bonds. The molecule has 0 heterocycles. The van der Waals surface area contributed by atoms with Crippen LogP contribution in [-0.2, 0) is 22.4 Å². The van der Waals surface area contributed by atoms with E-state index in [0.717, 1.165) is 24.0 Å². The quantitative estimate of drug-likeness (QED) is 0.389. The maximum atomic E-state index is 12.0. The van der Waals surface area contributed by atoms with E-state index in [4.69, 9.17) is 11.5 Å². The number of rotatable bonds is 11. The molecule has 8 heteroatoms. The van der Waals surface area contributed by atoms with Crippen molar-refractivity contribution in [2.75, 3.05) is 13.1 Å². The first-order valence-corrected chi connectivity index (χ1v) is 9.70. The maximum Gasteiger partial charge on any atom is 0.237 e. The fraction of sp³-hybridized carbons (Fsp3) is 0.364. The number of nitrogens with two attached hydrogens (primary N) is 2. The van der Waals surface area contributed by atoms with Crippen molar-refractivity contribution in [3.63, 3.8) is 0 Å². The molecular weight excluding hydrogens is 423 g/mol. The number of unbranched alkanes of at least 4 members (excludes halogenated alkanes) is 1. The number of carbonyl (C=O) groups excluding carboxylic acids is 2. The predicted octanol–water partition coefficient (Wildman–Crippen LogP) is 1.98. The van der Waals surface area contributed by atoms with Crippen LogP contribution < -0.4 is 22.1 Å². The molecule has 0 unspecified atom stereocenters. The fourth-order valence-corrected chi connectivity index (χ4v) is 2.86. The number of nitrogens with one attached hydrogen (secondary N) is 2. The number of hydrogen-bond acceptors (Lipinski definition) is 4. The second-order valence-corrected chi connectivity index (χ2v) is 6.88. The summed E-state index contributed by atoms with van der Waals surface area (Å²) < 4.78 is 0. The van der Waals surface area contributed by atoms with Crippen LogP contribution in [-0.4, -0.2) is 37.0 Å². The van der Waals surface area contributed by atoms with Crippen LogP contribution in [0.25, 0.3) is 0 Å². The molecule has 30 heavy (non-hydrogen) atoms. The van der Waals surface area contributed by atoms with Gasteiger partial charge in [0.2, 0.25) is 11.8 Å². The van der Waals surface area contributed by atoms with Gasteiger partial charge in [0.25, 0.3) is 0 Å². The summed E-state index contributed by atoms with van der Waals surface area (Å²) in [6.07, 6.45) is 2.56. The lowest BCUT2D eigenvalue weighted by atomic mass is 10.1. The van der Waals surface area contributed by atoms with Gasteiger partial charge in [-0.3, -0.25) is 9.59 Å². The minimum Gasteiger partial charge on any atom is -0.355 e. The van der Waals surface area contributed by atoms with E-state index >= 15 is 0 Å². The van der Waals surface area contributed by atoms with Crippen LogP contribution in [0.3, 0.4) is 0 Å². The molecular formula is C22H32Cl2N4O2. The Balaban J connectivity index is 0.00000420. The first-order chi connectivity index (χ1) is 13.6. The van der Waals surface area contributed by atoms with Crippen LogP contribution in [0.15, 0.2) is 60.7 Å². The monoisotopic (exact) mass is 454 g/mol. The van der Waals surface area contributed by atoms with Gasteiger partial charge in [0.1, 0.15) is 0 Å². The van der Waals surface area contributed by atoms with Gasteiger partial charge >= 0.3 is 0 Å². The molecule has 2 aromatic rings. The number of halogens is 2. The lowest BCUT2D eigenvalue weighted by molar-refractivity contribution is -0.123. The van der Waals surface area contributed by atoms with Crippen molar-refractivity contribution in [1.29, 1.82) is 0 Å². The van der Waals surface area contributed by atoms with Gasteiger partial charge in [0.05, 0.1) is 12.1 Å². The molecule has 2 rings (SSSR count). The van der Waals surface area contributed by atoms with E-state index in [9.17, 15) is 9.59 Å². The van der Waals surface area contributed by atoms with Crippen molar-refractivity contribution in [2.45, 2.75) is 37.8 Å². The van der Waals surface area contributed by atoms with Gasteiger partial charge in [-0.1, -0.05) is 60.7 Å². The average Bonchev–Trinajstić information content (AvgIpc) is 2.71. The summed E-state index contributed by atoms with van der Waals surface area (Å²) in [7, 11) is 0. The highest BCUT2D eigenvalue weighted by molar-refractivity contribution is 5.85. The highest BCUT2D eigenvalue weighted by atomic mass is 35.5. The molecule has 0 aliphatic heterocycles. The van der Waals surface area contributed by atoms with E-state index in [1.807, 2.05) is 60.7 Å². The van der Waals surface area contributed by atoms with Crippen LogP contribution in [0.2, 0.25) is 0 Å². The van der Waals surface area contributed by atoms with Gasteiger partial charge in [-0.15, -0.1) is 24.8 Å². The standard InChI is InChI=1S/C22H30N4O2.2ClH/c23-19(15-17-9-3-1-4-10-17)21(27)25-13-7-8-14-26-22(28)20(24)16-18-11-5-2-6-12-18;;/h1-6,9-12,19-20H,7-8,13-16,23-24H2,(H,25,27)(H,26,28);2*1H/t19-,20-;;/m0../s1. The summed E-state index contributed by atoms with van der Waals surface area (Å²) in [6.45, 7) is 1.07. The third-order valence-electron chi connectivity index (χ3n) is 4.47. The van der Waals surface area contributed by atoms with Gasteiger partial charge in [-0.2, -0.15) is 0 Å². The van der Waals surface area contributed by atoms with Crippen LogP contribution in [0.1, 0.15) is 24.0 Å². The summed E-state index contributed by atoms with van der Waals surface area (Å²) in [6, 6.07) is 18.3. The third kappa shape index (κ3) is 10.6. The molecule has 0 saturated carbocycles. The van der Waals surface area contributed by atoms with Crippen LogP contribution >= 0.6 is 24.8 Å². The second-order valence-electron chi connectivity index (χ2n) is 6.88. The van der Waals surface area contributed by atoms with Crippen molar-refractivity contribution in [3.8, 4) is 0 Å². The number of carbonyl (C=O) groups is 2. The molecule has 2 aromatic carbocycles. The lowest BCUT2D eigenvalue weighted by Crippen LogP contribution is -2.43. The molecule has 0 fully saturated rings. The molecule has 0 aliphatic carbocycles. The first-order valence-electron chi connectivity index (χ1n) is 9.70. The second kappa shape index (κ2) is 15.7. The van der Waals surface area contributed by atoms with Gasteiger partial charge in [-0.25, -0.2) is 0 Å². The minimum atomic E-state index is -0.557. The van der Waals surface area contributed by atoms with E-state index in [1.165, 1.54) is 0 Å². The third-order valence-corrected chi connectivity index (χ3v) is 4.47. The number of hydrogen-bond donors (Lipinski definition) is 4. The predicted molar refractivity (Wildman–Crippen MR) is 126 cm³/mol. The molecule has 0 radical (unpaired) electrons. The molecule has 0 saturated heterocycles. The van der Waals surface area contributed by atoms with Gasteiger partial charge in [-0.05, 0) is 36.8 Å². The van der Waals surface area contributed by atoms with Crippen molar-refractivity contribution in [3.05, 3.63) is 71.8 Å². The van der Waals surface area contributed by atoms with Crippen LogP contribution in [0.5, 0.6) is 0 Å². The number of benzene rings is 2. The summed E-state index contributed by atoms with van der Waals surface area (Å²) in [5.74, 6) is -0.310.